The number of carbonyl (C=O) groups excluding carboxylic acids is 1. The van der Waals surface area contributed by atoms with E-state index in [1.165, 1.54) is 0 Å². The van der Waals surface area contributed by atoms with Crippen molar-refractivity contribution >= 4 is 21.8 Å². The fourth-order valence-electron chi connectivity index (χ4n) is 1.71. The van der Waals surface area contributed by atoms with E-state index in [2.05, 4.69) is 21.4 Å². The molecule has 5 heteroatoms. The van der Waals surface area contributed by atoms with Gasteiger partial charge in [0.25, 0.3) is 0 Å². The van der Waals surface area contributed by atoms with Crippen LogP contribution in [0.4, 0.5) is 0 Å². The van der Waals surface area contributed by atoms with Crippen LogP contribution in [0, 0.1) is 0 Å². The summed E-state index contributed by atoms with van der Waals surface area (Å²) in [4.78, 5) is 11.1. The molecular weight excluding hydrogens is 320 g/mol. The molecule has 0 aliphatic rings. The normalized spacial score (nSPS) is 10.1. The van der Waals surface area contributed by atoms with Gasteiger partial charge in [-0.1, -0.05) is 36.4 Å². The van der Waals surface area contributed by atoms with Crippen LogP contribution in [0.5, 0.6) is 5.75 Å². The molecule has 20 heavy (non-hydrogen) atoms. The molecule has 0 unspecified atom stereocenters. The molecule has 0 aromatic heterocycles. The zero-order valence-corrected chi connectivity index (χ0v) is 12.4. The van der Waals surface area contributed by atoms with E-state index >= 15 is 0 Å². The van der Waals surface area contributed by atoms with Gasteiger partial charge in [-0.2, -0.15) is 0 Å². The van der Waals surface area contributed by atoms with Crippen LogP contribution < -0.4 is 16.0 Å². The highest BCUT2D eigenvalue weighted by Gasteiger charge is 2.03. The van der Waals surface area contributed by atoms with Gasteiger partial charge in [-0.25, -0.2) is 5.84 Å². The van der Waals surface area contributed by atoms with E-state index in [0.717, 1.165) is 21.3 Å². The third-order valence-corrected chi connectivity index (χ3v) is 3.43. The molecular formula is C15H15BrN2O2. The smallest absolute Gasteiger partial charge is 0.238 e. The molecule has 2 aromatic carbocycles. The second-order valence-electron chi connectivity index (χ2n) is 4.28. The molecule has 2 aromatic rings. The quantitative estimate of drug-likeness (QED) is 0.501. The minimum atomic E-state index is -0.206. The SMILES string of the molecule is NNC(=O)Cc1ccc(COc2ccccc2Br)cc1. The Morgan fingerprint density at radius 2 is 1.75 bits per heavy atom. The van der Waals surface area contributed by atoms with Gasteiger partial charge in [0.05, 0.1) is 10.9 Å². The van der Waals surface area contributed by atoms with Gasteiger partial charge in [-0.05, 0) is 39.2 Å². The molecule has 0 radical (unpaired) electrons. The number of carbonyl (C=O) groups is 1. The summed E-state index contributed by atoms with van der Waals surface area (Å²) in [5.41, 5.74) is 4.07. The van der Waals surface area contributed by atoms with E-state index in [4.69, 9.17) is 10.6 Å². The molecule has 3 N–H and O–H groups in total. The van der Waals surface area contributed by atoms with E-state index in [1.54, 1.807) is 0 Å². The standard InChI is InChI=1S/C15H15BrN2O2/c16-13-3-1-2-4-14(13)20-10-12-7-5-11(6-8-12)9-15(19)18-17/h1-8H,9-10,17H2,(H,18,19). The molecule has 104 valence electrons. The minimum absolute atomic E-state index is 0.206. The molecule has 0 saturated carbocycles. The summed E-state index contributed by atoms with van der Waals surface area (Å²) >= 11 is 3.44. The van der Waals surface area contributed by atoms with Gasteiger partial charge in [0, 0.05) is 0 Å². The largest absolute Gasteiger partial charge is 0.488 e. The number of amides is 1. The van der Waals surface area contributed by atoms with Crippen LogP contribution in [0.2, 0.25) is 0 Å². The number of benzene rings is 2. The Hall–Kier alpha value is -1.85. The first-order valence-electron chi connectivity index (χ1n) is 6.13. The van der Waals surface area contributed by atoms with Crippen molar-refractivity contribution in [1.82, 2.24) is 5.43 Å². The first-order chi connectivity index (χ1) is 9.69. The Morgan fingerprint density at radius 1 is 1.10 bits per heavy atom. The lowest BCUT2D eigenvalue weighted by atomic mass is 10.1. The Morgan fingerprint density at radius 3 is 2.40 bits per heavy atom. The number of nitrogens with two attached hydrogens (primary N) is 1. The molecule has 0 atom stereocenters. The maximum atomic E-state index is 11.1. The van der Waals surface area contributed by atoms with E-state index in [-0.39, 0.29) is 12.3 Å². The van der Waals surface area contributed by atoms with Gasteiger partial charge in [0.15, 0.2) is 0 Å². The van der Waals surface area contributed by atoms with Crippen LogP contribution in [0.15, 0.2) is 53.0 Å². The van der Waals surface area contributed by atoms with Crippen LogP contribution in [-0.2, 0) is 17.8 Å². The predicted octanol–water partition coefficient (Wildman–Crippen LogP) is 2.56. The molecule has 0 bridgehead atoms. The first-order valence-corrected chi connectivity index (χ1v) is 6.93. The Labute approximate surface area is 126 Å². The molecule has 4 nitrogen and oxygen atoms in total. The fourth-order valence-corrected chi connectivity index (χ4v) is 2.11. The van der Waals surface area contributed by atoms with Crippen molar-refractivity contribution in [2.45, 2.75) is 13.0 Å². The lowest BCUT2D eigenvalue weighted by molar-refractivity contribution is -0.120. The molecule has 0 fully saturated rings. The highest BCUT2D eigenvalue weighted by molar-refractivity contribution is 9.10. The van der Waals surface area contributed by atoms with Crippen molar-refractivity contribution in [3.63, 3.8) is 0 Å². The Bertz CT molecular complexity index is 585. The Balaban J connectivity index is 1.94. The number of hydrogen-bond acceptors (Lipinski definition) is 3. The summed E-state index contributed by atoms with van der Waals surface area (Å²) in [5.74, 6) is 5.65. The molecule has 1 amide bonds. The highest BCUT2D eigenvalue weighted by Crippen LogP contribution is 2.24. The van der Waals surface area contributed by atoms with Crippen molar-refractivity contribution in [1.29, 1.82) is 0 Å². The maximum absolute atomic E-state index is 11.1. The zero-order valence-electron chi connectivity index (χ0n) is 10.8. The van der Waals surface area contributed by atoms with Crippen molar-refractivity contribution in [2.24, 2.45) is 5.84 Å². The summed E-state index contributed by atoms with van der Waals surface area (Å²) in [6.45, 7) is 0.478. The minimum Gasteiger partial charge on any atom is -0.488 e. The summed E-state index contributed by atoms with van der Waals surface area (Å²) < 4.78 is 6.65. The van der Waals surface area contributed by atoms with Gasteiger partial charge >= 0.3 is 0 Å². The van der Waals surface area contributed by atoms with Gasteiger partial charge < -0.3 is 4.74 Å². The predicted molar refractivity (Wildman–Crippen MR) is 81.0 cm³/mol. The molecule has 0 aliphatic carbocycles. The highest BCUT2D eigenvalue weighted by atomic mass is 79.9. The molecule has 2 rings (SSSR count). The number of nitrogens with one attached hydrogen (secondary N) is 1. The molecule has 0 heterocycles. The molecule has 0 spiro atoms. The summed E-state index contributed by atoms with van der Waals surface area (Å²) in [6, 6.07) is 15.4. The summed E-state index contributed by atoms with van der Waals surface area (Å²) in [5, 5.41) is 0. The summed E-state index contributed by atoms with van der Waals surface area (Å²) in [6.07, 6.45) is 0.280. The van der Waals surface area contributed by atoms with Crippen molar-refractivity contribution in [3.05, 3.63) is 64.1 Å². The number of halogens is 1. The molecule has 0 aliphatic heterocycles. The topological polar surface area (TPSA) is 64.3 Å². The van der Waals surface area contributed by atoms with Crippen LogP contribution >= 0.6 is 15.9 Å². The van der Waals surface area contributed by atoms with Gasteiger partial charge in [0.1, 0.15) is 12.4 Å². The van der Waals surface area contributed by atoms with Gasteiger partial charge in [0.2, 0.25) is 5.91 Å². The third-order valence-electron chi connectivity index (χ3n) is 2.78. The number of rotatable bonds is 5. The Kier molecular flexibility index (Phi) is 5.15. The fraction of sp³-hybridized carbons (Fsp3) is 0.133. The van der Waals surface area contributed by atoms with Crippen LogP contribution in [0.25, 0.3) is 0 Å². The number of ether oxygens (including phenoxy) is 1. The van der Waals surface area contributed by atoms with Crippen LogP contribution in [-0.4, -0.2) is 5.91 Å². The van der Waals surface area contributed by atoms with Crippen LogP contribution in [0.1, 0.15) is 11.1 Å². The maximum Gasteiger partial charge on any atom is 0.238 e. The number of hydrogen-bond donors (Lipinski definition) is 2. The zero-order chi connectivity index (χ0) is 14.4. The molecule has 0 saturated heterocycles. The van der Waals surface area contributed by atoms with Crippen molar-refractivity contribution < 1.29 is 9.53 Å². The van der Waals surface area contributed by atoms with Crippen molar-refractivity contribution in [3.8, 4) is 5.75 Å². The second-order valence-corrected chi connectivity index (χ2v) is 5.13. The van der Waals surface area contributed by atoms with Crippen molar-refractivity contribution in [2.75, 3.05) is 0 Å². The van der Waals surface area contributed by atoms with E-state index < -0.39 is 0 Å². The lowest BCUT2D eigenvalue weighted by Gasteiger charge is -2.08. The van der Waals surface area contributed by atoms with Gasteiger partial charge in [-0.15, -0.1) is 0 Å². The van der Waals surface area contributed by atoms with E-state index in [0.29, 0.717) is 6.61 Å². The monoisotopic (exact) mass is 334 g/mol. The van der Waals surface area contributed by atoms with Crippen LogP contribution in [0.3, 0.4) is 0 Å². The van der Waals surface area contributed by atoms with E-state index in [1.807, 2.05) is 48.5 Å². The third kappa shape index (κ3) is 4.08. The average Bonchev–Trinajstić information content (AvgIpc) is 2.48. The summed E-state index contributed by atoms with van der Waals surface area (Å²) in [7, 11) is 0. The number of para-hydroxylation sites is 1. The van der Waals surface area contributed by atoms with Gasteiger partial charge in [-0.3, -0.25) is 10.2 Å². The first kappa shape index (κ1) is 14.6. The average molecular weight is 335 g/mol. The van der Waals surface area contributed by atoms with E-state index in [9.17, 15) is 4.79 Å². The lowest BCUT2D eigenvalue weighted by Crippen LogP contribution is -2.31. The number of hydrazine groups is 1. The second kappa shape index (κ2) is 7.07.